The molecule has 100 valence electrons. The number of carbonyl (C=O) groups is 1. The number of amides is 1. The van der Waals surface area contributed by atoms with Crippen LogP contribution in [0, 0.1) is 5.92 Å². The second-order valence-corrected chi connectivity index (χ2v) is 5.20. The Labute approximate surface area is 104 Å². The minimum atomic E-state index is -2.57. The summed E-state index contributed by atoms with van der Waals surface area (Å²) in [6, 6.07) is -0.913. The number of hydrogen-bond acceptors (Lipinski definition) is 4. The van der Waals surface area contributed by atoms with Crippen LogP contribution < -0.4 is 11.2 Å². The van der Waals surface area contributed by atoms with E-state index in [1.165, 1.54) is 4.90 Å². The smallest absolute Gasteiger partial charge is 0.253 e. The van der Waals surface area contributed by atoms with E-state index >= 15 is 0 Å². The number of nitrogens with zero attached hydrogens (tertiary/aromatic N) is 2. The Bertz CT molecular complexity index is 425. The topological polar surface area (TPSA) is 61.6 Å². The standard InChI is InChI=1S/C11H16F2N4O/c1-16-9-4-8(6-5-11(6,12)13)15-17(9)3-2-7(14)10(16)18/h4,6-8,15H,2-3,5,14H2,1H3. The van der Waals surface area contributed by atoms with Crippen molar-refractivity contribution in [2.75, 3.05) is 13.6 Å². The maximum Gasteiger partial charge on any atom is 0.253 e. The van der Waals surface area contributed by atoms with Crippen molar-refractivity contribution >= 4 is 5.91 Å². The van der Waals surface area contributed by atoms with Gasteiger partial charge in [-0.05, 0) is 12.5 Å². The summed E-state index contributed by atoms with van der Waals surface area (Å²) >= 11 is 0. The van der Waals surface area contributed by atoms with Crippen molar-refractivity contribution in [3.05, 3.63) is 11.9 Å². The van der Waals surface area contributed by atoms with Crippen LogP contribution >= 0.6 is 0 Å². The maximum absolute atomic E-state index is 13.1. The van der Waals surface area contributed by atoms with E-state index in [2.05, 4.69) is 5.43 Å². The van der Waals surface area contributed by atoms with E-state index in [-0.39, 0.29) is 18.4 Å². The molecule has 18 heavy (non-hydrogen) atoms. The first-order chi connectivity index (χ1) is 8.40. The third-order valence-electron chi connectivity index (χ3n) is 3.87. The van der Waals surface area contributed by atoms with Gasteiger partial charge in [0, 0.05) is 25.9 Å². The Morgan fingerprint density at radius 2 is 2.22 bits per heavy atom. The number of halogens is 2. The Kier molecular flexibility index (Phi) is 2.40. The van der Waals surface area contributed by atoms with Gasteiger partial charge in [0.15, 0.2) is 0 Å². The quantitative estimate of drug-likeness (QED) is 0.687. The van der Waals surface area contributed by atoms with E-state index in [0.717, 1.165) is 0 Å². The lowest BCUT2D eigenvalue weighted by Gasteiger charge is -2.25. The first-order valence-electron chi connectivity index (χ1n) is 6.06. The molecule has 3 atom stereocenters. The fourth-order valence-electron chi connectivity index (χ4n) is 2.59. The number of alkyl halides is 2. The van der Waals surface area contributed by atoms with Crippen molar-refractivity contribution in [3.8, 4) is 0 Å². The summed E-state index contributed by atoms with van der Waals surface area (Å²) in [7, 11) is 1.63. The molecule has 7 heteroatoms. The van der Waals surface area contributed by atoms with Crippen LogP contribution in [-0.4, -0.2) is 47.4 Å². The molecule has 1 amide bonds. The lowest BCUT2D eigenvalue weighted by Crippen LogP contribution is -2.41. The van der Waals surface area contributed by atoms with Gasteiger partial charge in [-0.25, -0.2) is 14.2 Å². The molecular weight excluding hydrogens is 242 g/mol. The van der Waals surface area contributed by atoms with Crippen LogP contribution in [0.25, 0.3) is 0 Å². The van der Waals surface area contributed by atoms with E-state index in [1.807, 2.05) is 0 Å². The van der Waals surface area contributed by atoms with E-state index in [4.69, 9.17) is 5.73 Å². The van der Waals surface area contributed by atoms with Crippen molar-refractivity contribution in [3.63, 3.8) is 0 Å². The van der Waals surface area contributed by atoms with Gasteiger partial charge in [0.05, 0.1) is 12.1 Å². The van der Waals surface area contributed by atoms with Crippen LogP contribution in [0.15, 0.2) is 11.9 Å². The van der Waals surface area contributed by atoms with Gasteiger partial charge in [-0.2, -0.15) is 0 Å². The van der Waals surface area contributed by atoms with Crippen LogP contribution in [0.3, 0.4) is 0 Å². The van der Waals surface area contributed by atoms with Crippen molar-refractivity contribution in [1.82, 2.24) is 15.3 Å². The van der Waals surface area contributed by atoms with Gasteiger partial charge in [-0.15, -0.1) is 0 Å². The molecule has 0 spiro atoms. The largest absolute Gasteiger partial charge is 0.320 e. The third-order valence-corrected chi connectivity index (χ3v) is 3.87. The number of fused-ring (bicyclic) bond motifs is 1. The number of nitrogens with one attached hydrogen (secondary N) is 1. The molecule has 2 aliphatic heterocycles. The fourth-order valence-corrected chi connectivity index (χ4v) is 2.59. The van der Waals surface area contributed by atoms with Crippen molar-refractivity contribution in [2.45, 2.75) is 30.8 Å². The van der Waals surface area contributed by atoms with E-state index in [0.29, 0.717) is 18.8 Å². The van der Waals surface area contributed by atoms with Gasteiger partial charge in [0.25, 0.3) is 5.92 Å². The van der Waals surface area contributed by atoms with Crippen LogP contribution in [0.1, 0.15) is 12.8 Å². The Hall–Kier alpha value is -1.21. The summed E-state index contributed by atoms with van der Waals surface area (Å²) in [5, 5.41) is 1.75. The van der Waals surface area contributed by atoms with Gasteiger partial charge in [0.2, 0.25) is 5.91 Å². The zero-order valence-electron chi connectivity index (χ0n) is 10.1. The molecule has 3 rings (SSSR count). The number of hydrogen-bond donors (Lipinski definition) is 2. The first kappa shape index (κ1) is 11.9. The zero-order valence-corrected chi connectivity index (χ0v) is 10.1. The summed E-state index contributed by atoms with van der Waals surface area (Å²) in [4.78, 5) is 13.3. The lowest BCUT2D eigenvalue weighted by molar-refractivity contribution is -0.129. The minimum Gasteiger partial charge on any atom is -0.320 e. The monoisotopic (exact) mass is 258 g/mol. The molecule has 0 aromatic carbocycles. The SMILES string of the molecule is CN1C(=O)C(N)CCN2NC(C3CC3(F)F)C=C21. The Morgan fingerprint density at radius 1 is 1.56 bits per heavy atom. The summed E-state index contributed by atoms with van der Waals surface area (Å²) < 4.78 is 26.1. The van der Waals surface area contributed by atoms with Crippen molar-refractivity contribution in [1.29, 1.82) is 0 Å². The molecule has 1 saturated heterocycles. The van der Waals surface area contributed by atoms with Gasteiger partial charge < -0.3 is 5.73 Å². The van der Waals surface area contributed by atoms with Gasteiger partial charge >= 0.3 is 0 Å². The normalized spacial score (nSPS) is 38.3. The second kappa shape index (κ2) is 3.64. The molecule has 0 aromatic rings. The molecule has 5 nitrogen and oxygen atoms in total. The molecule has 3 aliphatic rings. The fraction of sp³-hybridized carbons (Fsp3) is 0.727. The molecule has 0 radical (unpaired) electrons. The molecule has 0 bridgehead atoms. The van der Waals surface area contributed by atoms with Crippen LogP contribution in [0.2, 0.25) is 0 Å². The molecule has 1 saturated carbocycles. The average Bonchev–Trinajstić information content (AvgIpc) is 2.81. The summed E-state index contributed by atoms with van der Waals surface area (Å²) in [5.41, 5.74) is 8.76. The van der Waals surface area contributed by atoms with Crippen molar-refractivity contribution < 1.29 is 13.6 Å². The second-order valence-electron chi connectivity index (χ2n) is 5.20. The molecule has 2 heterocycles. The minimum absolute atomic E-state index is 0.0839. The van der Waals surface area contributed by atoms with Gasteiger partial charge in [-0.3, -0.25) is 14.7 Å². The summed E-state index contributed by atoms with van der Waals surface area (Å²) in [5.74, 6) is -2.76. The number of rotatable bonds is 1. The Morgan fingerprint density at radius 3 is 2.83 bits per heavy atom. The number of likely N-dealkylation sites (N-methyl/N-ethyl adjacent to an activating group) is 1. The molecule has 3 unspecified atom stereocenters. The Balaban J connectivity index is 1.81. The molecule has 0 aromatic heterocycles. The van der Waals surface area contributed by atoms with E-state index in [9.17, 15) is 13.6 Å². The summed E-state index contributed by atoms with van der Waals surface area (Å²) in [6.07, 6.45) is 2.14. The third kappa shape index (κ3) is 1.69. The number of nitrogens with two attached hydrogens (primary N) is 1. The maximum atomic E-state index is 13.1. The molecule has 2 fully saturated rings. The highest BCUT2D eigenvalue weighted by Crippen LogP contribution is 2.52. The van der Waals surface area contributed by atoms with Crippen LogP contribution in [0.4, 0.5) is 8.78 Å². The number of carbonyl (C=O) groups excluding carboxylic acids is 1. The molecule has 3 N–H and O–H groups in total. The van der Waals surface area contributed by atoms with Gasteiger partial charge in [0.1, 0.15) is 5.82 Å². The highest BCUT2D eigenvalue weighted by Gasteiger charge is 2.61. The highest BCUT2D eigenvalue weighted by atomic mass is 19.3. The van der Waals surface area contributed by atoms with Crippen LogP contribution in [-0.2, 0) is 4.79 Å². The summed E-state index contributed by atoms with van der Waals surface area (Å²) in [6.45, 7) is 0.553. The van der Waals surface area contributed by atoms with Crippen LogP contribution in [0.5, 0.6) is 0 Å². The molecular formula is C11H16F2N4O. The lowest BCUT2D eigenvalue weighted by atomic mass is 10.2. The first-order valence-corrected chi connectivity index (χ1v) is 6.06. The van der Waals surface area contributed by atoms with E-state index in [1.54, 1.807) is 18.1 Å². The molecule has 1 aliphatic carbocycles. The highest BCUT2D eigenvalue weighted by molar-refractivity contribution is 5.83. The van der Waals surface area contributed by atoms with E-state index < -0.39 is 17.9 Å². The van der Waals surface area contributed by atoms with Crippen molar-refractivity contribution in [2.24, 2.45) is 11.7 Å². The predicted molar refractivity (Wildman–Crippen MR) is 60.1 cm³/mol. The number of hydrazine groups is 1. The van der Waals surface area contributed by atoms with Gasteiger partial charge in [-0.1, -0.05) is 0 Å². The average molecular weight is 258 g/mol. The zero-order chi connectivity index (χ0) is 13.1. The predicted octanol–water partition coefficient (Wildman–Crippen LogP) is -0.139.